The molecule has 2 aromatic rings. The van der Waals surface area contributed by atoms with E-state index in [1.165, 1.54) is 36.4 Å². The van der Waals surface area contributed by atoms with Crippen LogP contribution in [0.15, 0.2) is 47.4 Å². The number of hydrogen-bond acceptors (Lipinski definition) is 6. The highest BCUT2D eigenvalue weighted by Gasteiger charge is 2.45. The molecule has 2 aromatic carbocycles. The smallest absolute Gasteiger partial charge is 0.265 e. The lowest BCUT2D eigenvalue weighted by Gasteiger charge is -2.32. The number of sulfonamides is 1. The minimum atomic E-state index is -4.28. The minimum Gasteiger partial charge on any atom is -0.508 e. The van der Waals surface area contributed by atoms with Gasteiger partial charge in [-0.1, -0.05) is 23.7 Å². The number of rotatable bonds is 4. The van der Waals surface area contributed by atoms with E-state index >= 15 is 0 Å². The topological polar surface area (TPSA) is 112 Å². The number of nitrogens with zero attached hydrogens (tertiary/aromatic N) is 1. The highest BCUT2D eigenvalue weighted by Crippen LogP contribution is 2.34. The Morgan fingerprint density at radius 3 is 2.44 bits per heavy atom. The predicted octanol–water partition coefficient (Wildman–Crippen LogP) is 1.71. The molecule has 0 radical (unpaired) electrons. The van der Waals surface area contributed by atoms with Crippen LogP contribution in [0.2, 0.25) is 5.02 Å². The summed E-state index contributed by atoms with van der Waals surface area (Å²) in [5.41, 5.74) is 0.468. The zero-order valence-electron chi connectivity index (χ0n) is 14.3. The largest absolute Gasteiger partial charge is 0.508 e. The van der Waals surface area contributed by atoms with Gasteiger partial charge in [0.15, 0.2) is 9.84 Å². The van der Waals surface area contributed by atoms with Crippen LogP contribution >= 0.6 is 11.6 Å². The number of aromatic hydroxyl groups is 1. The summed E-state index contributed by atoms with van der Waals surface area (Å²) in [6.45, 7) is 1.59. The summed E-state index contributed by atoms with van der Waals surface area (Å²) < 4.78 is 51.7. The number of aliphatic hydroxyl groups excluding tert-OH is 1. The van der Waals surface area contributed by atoms with E-state index in [0.717, 1.165) is 4.31 Å². The third-order valence-electron chi connectivity index (χ3n) is 4.37. The van der Waals surface area contributed by atoms with Crippen molar-refractivity contribution in [1.29, 1.82) is 0 Å². The number of hydrogen-bond donors (Lipinski definition) is 2. The van der Waals surface area contributed by atoms with Crippen molar-refractivity contribution >= 4 is 37.1 Å². The molecule has 0 bridgehead atoms. The van der Waals surface area contributed by atoms with E-state index in [2.05, 4.69) is 0 Å². The van der Waals surface area contributed by atoms with Gasteiger partial charge in [0.2, 0.25) is 0 Å². The summed E-state index contributed by atoms with van der Waals surface area (Å²) in [4.78, 5) is -0.102. The SMILES string of the molecule is Cc1ccc(Cl)cc1S(=O)(=O)N(c1cccc(O)c1)[C@H]1CS(=O)(=O)C[C@@H]1O. The van der Waals surface area contributed by atoms with Crippen LogP contribution < -0.4 is 4.31 Å². The second-order valence-corrected chi connectivity index (χ2v) is 10.8. The lowest BCUT2D eigenvalue weighted by Crippen LogP contribution is -2.47. The van der Waals surface area contributed by atoms with E-state index in [1.54, 1.807) is 13.0 Å². The van der Waals surface area contributed by atoms with Gasteiger partial charge in [-0.25, -0.2) is 16.8 Å². The average molecular weight is 432 g/mol. The van der Waals surface area contributed by atoms with Crippen molar-refractivity contribution in [2.45, 2.75) is 24.0 Å². The van der Waals surface area contributed by atoms with E-state index in [-0.39, 0.29) is 21.4 Å². The second-order valence-electron chi connectivity index (χ2n) is 6.44. The lowest BCUT2D eigenvalue weighted by molar-refractivity contribution is 0.184. The maximum Gasteiger partial charge on any atom is 0.265 e. The molecule has 0 aliphatic carbocycles. The summed E-state index contributed by atoms with van der Waals surface area (Å²) in [7, 11) is -7.89. The highest BCUT2D eigenvalue weighted by atomic mass is 35.5. The van der Waals surface area contributed by atoms with Crippen LogP contribution in [0.1, 0.15) is 5.56 Å². The minimum absolute atomic E-state index is 0.0514. The van der Waals surface area contributed by atoms with Crippen LogP contribution in [-0.4, -0.2) is 50.7 Å². The number of sulfone groups is 1. The molecule has 1 heterocycles. The summed E-state index contributed by atoms with van der Waals surface area (Å²) >= 11 is 5.96. The van der Waals surface area contributed by atoms with Gasteiger partial charge in [0.25, 0.3) is 10.0 Å². The van der Waals surface area contributed by atoms with Crippen LogP contribution in [0.3, 0.4) is 0 Å². The zero-order valence-corrected chi connectivity index (χ0v) is 16.7. The number of phenolic OH excluding ortho intramolecular Hbond substituents is 1. The Labute approximate surface area is 162 Å². The Balaban J connectivity index is 2.22. The quantitative estimate of drug-likeness (QED) is 0.762. The molecule has 0 unspecified atom stereocenters. The number of phenols is 1. The van der Waals surface area contributed by atoms with Crippen LogP contribution in [0.25, 0.3) is 0 Å². The van der Waals surface area contributed by atoms with Crippen molar-refractivity contribution in [2.24, 2.45) is 0 Å². The first-order valence-corrected chi connectivity index (χ1v) is 11.6. The fourth-order valence-electron chi connectivity index (χ4n) is 3.13. The maximum atomic E-state index is 13.4. The zero-order chi connectivity index (χ0) is 20.0. The van der Waals surface area contributed by atoms with E-state index in [0.29, 0.717) is 5.56 Å². The molecule has 7 nitrogen and oxygen atoms in total. The monoisotopic (exact) mass is 431 g/mol. The molecule has 0 aromatic heterocycles. The van der Waals surface area contributed by atoms with Crippen molar-refractivity contribution in [2.75, 3.05) is 15.8 Å². The maximum absolute atomic E-state index is 13.4. The number of aliphatic hydroxyl groups is 1. The molecule has 1 aliphatic heterocycles. The molecule has 3 rings (SSSR count). The molecular formula is C17H18ClNO6S2. The molecule has 27 heavy (non-hydrogen) atoms. The molecule has 1 fully saturated rings. The second kappa shape index (κ2) is 6.97. The average Bonchev–Trinajstić information content (AvgIpc) is 2.82. The van der Waals surface area contributed by atoms with Crippen molar-refractivity contribution in [1.82, 2.24) is 0 Å². The number of benzene rings is 2. The van der Waals surface area contributed by atoms with Crippen molar-refractivity contribution in [3.63, 3.8) is 0 Å². The molecule has 2 N–H and O–H groups in total. The van der Waals surface area contributed by atoms with Crippen molar-refractivity contribution in [3.05, 3.63) is 53.1 Å². The normalized spacial score (nSPS) is 21.9. The molecule has 2 atom stereocenters. The Morgan fingerprint density at radius 2 is 1.85 bits per heavy atom. The van der Waals surface area contributed by atoms with Crippen molar-refractivity contribution in [3.8, 4) is 5.75 Å². The van der Waals surface area contributed by atoms with Gasteiger partial charge < -0.3 is 10.2 Å². The summed E-state index contributed by atoms with van der Waals surface area (Å²) in [6.07, 6.45) is -1.40. The van der Waals surface area contributed by atoms with Gasteiger partial charge >= 0.3 is 0 Å². The van der Waals surface area contributed by atoms with Gasteiger partial charge in [-0.15, -0.1) is 0 Å². The van der Waals surface area contributed by atoms with E-state index in [9.17, 15) is 27.0 Å². The van der Waals surface area contributed by atoms with Gasteiger partial charge in [-0.2, -0.15) is 0 Å². The summed E-state index contributed by atoms with van der Waals surface area (Å²) in [5, 5.41) is 20.3. The first kappa shape index (κ1) is 19.9. The van der Waals surface area contributed by atoms with E-state index in [4.69, 9.17) is 11.6 Å². The number of anilines is 1. The molecular weight excluding hydrogens is 414 g/mol. The first-order valence-electron chi connectivity index (χ1n) is 7.99. The van der Waals surface area contributed by atoms with Gasteiger partial charge in [-0.05, 0) is 36.8 Å². The van der Waals surface area contributed by atoms with Crippen LogP contribution in [0, 0.1) is 6.92 Å². The molecule has 146 valence electrons. The number of aryl methyl sites for hydroxylation is 1. The summed E-state index contributed by atoms with van der Waals surface area (Å²) in [5.74, 6) is -1.24. The molecule has 0 saturated carbocycles. The Morgan fingerprint density at radius 1 is 1.15 bits per heavy atom. The standard InChI is InChI=1S/C17H18ClNO6S2/c1-11-5-6-12(18)7-17(11)27(24,25)19(13-3-2-4-14(20)8-13)15-9-26(22,23)10-16(15)21/h2-8,15-16,20-21H,9-10H2,1H3/t15-,16-/m0/s1. The third kappa shape index (κ3) is 3.91. The Kier molecular flexibility index (Phi) is 5.15. The molecule has 1 aliphatic rings. The van der Waals surface area contributed by atoms with Crippen LogP contribution in [0.4, 0.5) is 5.69 Å². The molecule has 0 amide bonds. The Bertz CT molecular complexity index is 1080. The highest BCUT2D eigenvalue weighted by molar-refractivity contribution is 7.93. The fraction of sp³-hybridized carbons (Fsp3) is 0.294. The molecule has 1 saturated heterocycles. The van der Waals surface area contributed by atoms with Gasteiger partial charge in [-0.3, -0.25) is 4.31 Å². The van der Waals surface area contributed by atoms with E-state index < -0.39 is 43.5 Å². The van der Waals surface area contributed by atoms with Crippen molar-refractivity contribution < 1.29 is 27.0 Å². The fourth-order valence-corrected chi connectivity index (χ4v) is 7.16. The molecule has 0 spiro atoms. The number of halogens is 1. The van der Waals surface area contributed by atoms with Crippen LogP contribution in [-0.2, 0) is 19.9 Å². The Hall–Kier alpha value is -1.81. The predicted molar refractivity (Wildman–Crippen MR) is 102 cm³/mol. The van der Waals surface area contributed by atoms with Gasteiger partial charge in [0.05, 0.1) is 34.2 Å². The third-order valence-corrected chi connectivity index (χ3v) is 8.30. The first-order chi connectivity index (χ1) is 12.5. The van der Waals surface area contributed by atoms with Gasteiger partial charge in [0.1, 0.15) is 5.75 Å². The van der Waals surface area contributed by atoms with Gasteiger partial charge in [0, 0.05) is 11.1 Å². The van der Waals surface area contributed by atoms with E-state index in [1.807, 2.05) is 0 Å². The molecule has 10 heteroatoms. The lowest BCUT2D eigenvalue weighted by atomic mass is 10.2. The van der Waals surface area contributed by atoms with Crippen LogP contribution in [0.5, 0.6) is 5.75 Å². The summed E-state index contributed by atoms with van der Waals surface area (Å²) in [6, 6.07) is 8.57.